The second-order valence-corrected chi connectivity index (χ2v) is 4.26. The van der Waals surface area contributed by atoms with Gasteiger partial charge in [-0.05, 0) is 6.92 Å². The largest absolute Gasteiger partial charge is 0.368 e. The highest BCUT2D eigenvalue weighted by molar-refractivity contribution is 5.82. The number of carbonyl (C=O) groups is 1. The molecule has 1 unspecified atom stereocenters. The van der Waals surface area contributed by atoms with Crippen LogP contribution in [0.2, 0.25) is 0 Å². The first-order valence-electron chi connectivity index (χ1n) is 5.54. The van der Waals surface area contributed by atoms with Crippen molar-refractivity contribution in [1.29, 1.82) is 0 Å². The smallest absolute Gasteiger partial charge is 0.332 e. The molecule has 1 amide bonds. The number of rotatable bonds is 3. The highest BCUT2D eigenvalue weighted by atomic mass is 16.2. The van der Waals surface area contributed by atoms with Crippen molar-refractivity contribution in [2.75, 3.05) is 5.32 Å². The van der Waals surface area contributed by atoms with Gasteiger partial charge in [-0.3, -0.25) is 18.7 Å². The summed E-state index contributed by atoms with van der Waals surface area (Å²) in [5.74, 6) is -0.346. The normalized spacial score (nSPS) is 12.6. The van der Waals surface area contributed by atoms with Crippen LogP contribution in [0.25, 0.3) is 11.2 Å². The number of aromatic nitrogens is 4. The molecule has 4 N–H and O–H groups in total. The fourth-order valence-electron chi connectivity index (χ4n) is 1.67. The van der Waals surface area contributed by atoms with Gasteiger partial charge in [-0.15, -0.1) is 0 Å². The summed E-state index contributed by atoms with van der Waals surface area (Å²) >= 11 is 0. The summed E-state index contributed by atoms with van der Waals surface area (Å²) in [5, 5.41) is 2.72. The molecule has 2 aromatic rings. The van der Waals surface area contributed by atoms with E-state index in [9.17, 15) is 14.4 Å². The first-order valence-corrected chi connectivity index (χ1v) is 5.54. The fraction of sp³-hybridized carbons (Fsp3) is 0.400. The first-order chi connectivity index (χ1) is 8.82. The van der Waals surface area contributed by atoms with Gasteiger partial charge in [-0.2, -0.15) is 4.98 Å². The van der Waals surface area contributed by atoms with Crippen molar-refractivity contribution in [1.82, 2.24) is 19.1 Å². The second kappa shape index (κ2) is 4.26. The molecule has 102 valence electrons. The number of anilines is 1. The summed E-state index contributed by atoms with van der Waals surface area (Å²) in [7, 11) is 2.89. The molecule has 9 nitrogen and oxygen atoms in total. The first kappa shape index (κ1) is 12.9. The van der Waals surface area contributed by atoms with Crippen LogP contribution in [-0.4, -0.2) is 31.1 Å². The van der Waals surface area contributed by atoms with Crippen molar-refractivity contribution >= 4 is 23.0 Å². The van der Waals surface area contributed by atoms with Gasteiger partial charge in [0.05, 0.1) is 0 Å². The number of aromatic amines is 1. The lowest BCUT2D eigenvalue weighted by molar-refractivity contribution is -0.118. The Labute approximate surface area is 107 Å². The van der Waals surface area contributed by atoms with E-state index < -0.39 is 23.2 Å². The van der Waals surface area contributed by atoms with Gasteiger partial charge in [-0.25, -0.2) is 4.79 Å². The average molecular weight is 266 g/mol. The van der Waals surface area contributed by atoms with Crippen molar-refractivity contribution in [2.45, 2.75) is 13.0 Å². The van der Waals surface area contributed by atoms with E-state index in [4.69, 9.17) is 5.73 Å². The van der Waals surface area contributed by atoms with Crippen LogP contribution in [0.4, 0.5) is 5.95 Å². The van der Waals surface area contributed by atoms with E-state index >= 15 is 0 Å². The summed E-state index contributed by atoms with van der Waals surface area (Å²) in [6.07, 6.45) is 0. The maximum atomic E-state index is 11.9. The van der Waals surface area contributed by atoms with Gasteiger partial charge in [0, 0.05) is 14.1 Å². The number of imidazole rings is 1. The molecule has 0 spiro atoms. The van der Waals surface area contributed by atoms with Crippen molar-refractivity contribution in [3.8, 4) is 0 Å². The Balaban J connectivity index is 2.62. The Morgan fingerprint density at radius 3 is 2.58 bits per heavy atom. The van der Waals surface area contributed by atoms with Gasteiger partial charge < -0.3 is 16.0 Å². The van der Waals surface area contributed by atoms with Crippen molar-refractivity contribution in [2.24, 2.45) is 19.8 Å². The van der Waals surface area contributed by atoms with Gasteiger partial charge in [-0.1, -0.05) is 0 Å². The molecule has 19 heavy (non-hydrogen) atoms. The molecule has 2 aromatic heterocycles. The molecule has 0 bridgehead atoms. The van der Waals surface area contributed by atoms with Crippen molar-refractivity contribution < 1.29 is 4.79 Å². The van der Waals surface area contributed by atoms with Crippen LogP contribution in [0.5, 0.6) is 0 Å². The lowest BCUT2D eigenvalue weighted by Gasteiger charge is -2.07. The molecule has 1 atom stereocenters. The van der Waals surface area contributed by atoms with Crippen molar-refractivity contribution in [3.63, 3.8) is 0 Å². The molecule has 2 rings (SSSR count). The molecule has 0 aliphatic carbocycles. The fourth-order valence-corrected chi connectivity index (χ4v) is 1.67. The third-order valence-electron chi connectivity index (χ3n) is 2.87. The molecule has 0 fully saturated rings. The zero-order valence-corrected chi connectivity index (χ0v) is 10.7. The van der Waals surface area contributed by atoms with Gasteiger partial charge >= 0.3 is 5.69 Å². The predicted octanol–water partition coefficient (Wildman–Crippen LogP) is -1.75. The van der Waals surface area contributed by atoms with Crippen molar-refractivity contribution in [3.05, 3.63) is 20.8 Å². The van der Waals surface area contributed by atoms with Gasteiger partial charge in [0.2, 0.25) is 11.9 Å². The zero-order chi connectivity index (χ0) is 14.3. The number of carbonyl (C=O) groups excluding carboxylic acids is 1. The summed E-state index contributed by atoms with van der Waals surface area (Å²) < 4.78 is 2.22. The summed E-state index contributed by atoms with van der Waals surface area (Å²) in [6.45, 7) is 1.56. The number of H-pyrrole nitrogens is 1. The van der Waals surface area contributed by atoms with E-state index in [1.54, 1.807) is 6.92 Å². The van der Waals surface area contributed by atoms with Crippen LogP contribution >= 0.6 is 0 Å². The van der Waals surface area contributed by atoms with Crippen LogP contribution in [0.1, 0.15) is 6.92 Å². The number of hydrogen-bond donors (Lipinski definition) is 3. The summed E-state index contributed by atoms with van der Waals surface area (Å²) in [4.78, 5) is 41.4. The van der Waals surface area contributed by atoms with E-state index in [-0.39, 0.29) is 17.1 Å². The SMILES string of the molecule is CC(Nc1nc2c([nH]1)c(=O)n(C)c(=O)n2C)C(N)=O. The molecule has 0 saturated carbocycles. The minimum absolute atomic E-state index is 0.184. The number of hydrogen-bond acceptors (Lipinski definition) is 5. The number of fused-ring (bicyclic) bond motifs is 1. The minimum atomic E-state index is -0.651. The minimum Gasteiger partial charge on any atom is -0.368 e. The third-order valence-corrected chi connectivity index (χ3v) is 2.87. The van der Waals surface area contributed by atoms with Crippen LogP contribution in [-0.2, 0) is 18.9 Å². The van der Waals surface area contributed by atoms with Gasteiger partial charge in [0.1, 0.15) is 6.04 Å². The quantitative estimate of drug-likeness (QED) is 0.606. The molecule has 0 aliphatic heterocycles. The number of nitrogens with zero attached hydrogens (tertiary/aromatic N) is 3. The Morgan fingerprint density at radius 2 is 2.00 bits per heavy atom. The maximum absolute atomic E-state index is 11.9. The van der Waals surface area contributed by atoms with Crippen LogP contribution in [0, 0.1) is 0 Å². The number of aryl methyl sites for hydroxylation is 1. The molecule has 0 aromatic carbocycles. The van der Waals surface area contributed by atoms with Gasteiger partial charge in [0.25, 0.3) is 5.56 Å². The lowest BCUT2D eigenvalue weighted by atomic mass is 10.3. The highest BCUT2D eigenvalue weighted by Gasteiger charge is 2.15. The lowest BCUT2D eigenvalue weighted by Crippen LogP contribution is -2.36. The summed E-state index contributed by atoms with van der Waals surface area (Å²) in [5.41, 5.74) is 4.57. The molecule has 0 radical (unpaired) electrons. The number of nitrogens with two attached hydrogens (primary N) is 1. The average Bonchev–Trinajstić information content (AvgIpc) is 2.77. The summed E-state index contributed by atoms with van der Waals surface area (Å²) in [6, 6.07) is -0.651. The van der Waals surface area contributed by atoms with Crippen LogP contribution in [0.15, 0.2) is 9.59 Å². The Kier molecular flexibility index (Phi) is 2.89. The molecule has 2 heterocycles. The van der Waals surface area contributed by atoms with E-state index in [0.717, 1.165) is 4.57 Å². The van der Waals surface area contributed by atoms with Crippen LogP contribution in [0.3, 0.4) is 0 Å². The molecular formula is C10H14N6O3. The van der Waals surface area contributed by atoms with E-state index in [0.29, 0.717) is 0 Å². The highest BCUT2D eigenvalue weighted by Crippen LogP contribution is 2.09. The number of nitrogens with one attached hydrogen (secondary N) is 2. The van der Waals surface area contributed by atoms with E-state index in [1.807, 2.05) is 0 Å². The Morgan fingerprint density at radius 1 is 1.37 bits per heavy atom. The van der Waals surface area contributed by atoms with Gasteiger partial charge in [0.15, 0.2) is 11.2 Å². The number of amides is 1. The molecule has 0 saturated heterocycles. The Hall–Kier alpha value is -2.58. The zero-order valence-electron chi connectivity index (χ0n) is 10.7. The third kappa shape index (κ3) is 1.98. The standard InChI is InChI=1S/C10H14N6O3/c1-4(6(11)17)12-9-13-5-7(14-9)15(2)10(19)16(3)8(5)18/h4H,1-3H3,(H2,11,17)(H2,12,13,14). The monoisotopic (exact) mass is 266 g/mol. The topological polar surface area (TPSA) is 128 Å². The maximum Gasteiger partial charge on any atom is 0.332 e. The van der Waals surface area contributed by atoms with E-state index in [2.05, 4.69) is 15.3 Å². The van der Waals surface area contributed by atoms with E-state index in [1.165, 1.54) is 18.7 Å². The van der Waals surface area contributed by atoms with Crippen LogP contribution < -0.4 is 22.3 Å². The second-order valence-electron chi connectivity index (χ2n) is 4.26. The molecule has 0 aliphatic rings. The molecular weight excluding hydrogens is 252 g/mol. The number of primary amides is 1. The Bertz CT molecular complexity index is 768. The molecule has 9 heteroatoms. The predicted molar refractivity (Wildman–Crippen MR) is 68.9 cm³/mol.